The van der Waals surface area contributed by atoms with E-state index in [-0.39, 0.29) is 10.6 Å². The Labute approximate surface area is 117 Å². The van der Waals surface area contributed by atoms with Crippen LogP contribution in [0.3, 0.4) is 0 Å². The maximum Gasteiger partial charge on any atom is 0.181 e. The number of aromatic amines is 1. The van der Waals surface area contributed by atoms with Crippen molar-refractivity contribution in [3.05, 3.63) is 11.1 Å². The summed E-state index contributed by atoms with van der Waals surface area (Å²) in [5.74, 6) is 0.214. The molecule has 4 atom stereocenters. The zero-order chi connectivity index (χ0) is 14.4. The van der Waals surface area contributed by atoms with Crippen LogP contribution in [0, 0.1) is 4.77 Å². The smallest absolute Gasteiger partial charge is 0.181 e. The molecule has 0 bridgehead atoms. The Morgan fingerprint density at radius 3 is 2.80 bits per heavy atom. The average Bonchev–Trinajstić information content (AvgIpc) is 2.90. The van der Waals surface area contributed by atoms with Gasteiger partial charge in [0.15, 0.2) is 22.5 Å². The van der Waals surface area contributed by atoms with Crippen molar-refractivity contribution in [3.8, 4) is 0 Å². The van der Waals surface area contributed by atoms with E-state index in [0.29, 0.717) is 11.2 Å². The monoisotopic (exact) mass is 299 g/mol. The van der Waals surface area contributed by atoms with Crippen molar-refractivity contribution in [1.82, 2.24) is 19.5 Å². The van der Waals surface area contributed by atoms with Crippen LogP contribution in [0.25, 0.3) is 11.2 Å². The molecule has 0 amide bonds. The first kappa shape index (κ1) is 13.4. The summed E-state index contributed by atoms with van der Waals surface area (Å²) >= 11 is 5.16. The summed E-state index contributed by atoms with van der Waals surface area (Å²) in [6.45, 7) is -0.415. The minimum absolute atomic E-state index is 0.214. The number of fused-ring (bicyclic) bond motifs is 1. The van der Waals surface area contributed by atoms with Gasteiger partial charge in [-0.25, -0.2) is 9.97 Å². The lowest BCUT2D eigenvalue weighted by Crippen LogP contribution is -2.33. The van der Waals surface area contributed by atoms with Crippen LogP contribution in [0.15, 0.2) is 6.33 Å². The maximum absolute atomic E-state index is 10.0. The van der Waals surface area contributed by atoms with Gasteiger partial charge < -0.3 is 30.8 Å². The molecular formula is C10H13N5O4S. The standard InChI is InChI=1S/C10H13N5O4S/c11-7-4-8(13-2-12-7)15(10(20)14-4)9-6(18)5(17)3(1-16)19-9/h2-3,5-6,9,16-18H,1H2,(H,14,20)(H2,11,12,13)/t3-,5+,6-,9-/m0/s1. The number of ether oxygens (including phenoxy) is 1. The van der Waals surface area contributed by atoms with Gasteiger partial charge in [0.25, 0.3) is 0 Å². The highest BCUT2D eigenvalue weighted by Crippen LogP contribution is 2.32. The zero-order valence-corrected chi connectivity index (χ0v) is 11.0. The minimum Gasteiger partial charge on any atom is -0.394 e. The van der Waals surface area contributed by atoms with Gasteiger partial charge in [-0.3, -0.25) is 4.57 Å². The van der Waals surface area contributed by atoms with Gasteiger partial charge >= 0.3 is 0 Å². The van der Waals surface area contributed by atoms with Gasteiger partial charge in [-0.2, -0.15) is 0 Å². The number of aromatic nitrogens is 4. The second-order valence-corrected chi connectivity index (χ2v) is 4.87. The fraction of sp³-hybridized carbons (Fsp3) is 0.500. The van der Waals surface area contributed by atoms with Crippen LogP contribution in [0.5, 0.6) is 0 Å². The predicted molar refractivity (Wildman–Crippen MR) is 70.1 cm³/mol. The molecule has 1 aliphatic rings. The number of nitrogens with one attached hydrogen (secondary N) is 1. The maximum atomic E-state index is 10.0. The summed E-state index contributed by atoms with van der Waals surface area (Å²) < 4.78 is 7.07. The van der Waals surface area contributed by atoms with Gasteiger partial charge in [-0.15, -0.1) is 0 Å². The summed E-state index contributed by atoms with van der Waals surface area (Å²) in [5.41, 5.74) is 6.50. The van der Waals surface area contributed by atoms with E-state index >= 15 is 0 Å². The van der Waals surface area contributed by atoms with E-state index in [9.17, 15) is 10.2 Å². The third kappa shape index (κ3) is 1.81. The van der Waals surface area contributed by atoms with Crippen molar-refractivity contribution in [2.75, 3.05) is 12.3 Å². The summed E-state index contributed by atoms with van der Waals surface area (Å²) in [6, 6.07) is 0. The van der Waals surface area contributed by atoms with Gasteiger partial charge in [-0.05, 0) is 12.2 Å². The Hall–Kier alpha value is -1.59. The Balaban J connectivity index is 2.14. The van der Waals surface area contributed by atoms with Crippen molar-refractivity contribution >= 4 is 29.2 Å². The van der Waals surface area contributed by atoms with E-state index in [1.165, 1.54) is 10.9 Å². The second kappa shape index (κ2) is 4.75. The highest BCUT2D eigenvalue weighted by molar-refractivity contribution is 7.71. The normalized spacial score (nSPS) is 30.1. The Kier molecular flexibility index (Phi) is 3.18. The van der Waals surface area contributed by atoms with Crippen molar-refractivity contribution in [2.24, 2.45) is 0 Å². The summed E-state index contributed by atoms with van der Waals surface area (Å²) in [5, 5.41) is 28.9. The van der Waals surface area contributed by atoms with Gasteiger partial charge in [0.1, 0.15) is 30.2 Å². The third-order valence-corrected chi connectivity index (χ3v) is 3.61. The topological polar surface area (TPSA) is 142 Å². The molecule has 108 valence electrons. The average molecular weight is 299 g/mol. The predicted octanol–water partition coefficient (Wildman–Crippen LogP) is -1.32. The number of nitrogen functional groups attached to an aromatic ring is 1. The van der Waals surface area contributed by atoms with Crippen LogP contribution < -0.4 is 5.73 Å². The molecule has 10 heteroatoms. The SMILES string of the molecule is Nc1ncnc2c1[nH]c(=S)n2[C@H]1O[C@@H](CO)[C@@H](O)[C@@H]1O. The fourth-order valence-electron chi connectivity index (χ4n) is 2.28. The van der Waals surface area contributed by atoms with E-state index in [4.69, 9.17) is 27.8 Å². The molecule has 2 aromatic heterocycles. The number of hydrogen-bond acceptors (Lipinski definition) is 8. The Morgan fingerprint density at radius 1 is 1.40 bits per heavy atom. The van der Waals surface area contributed by atoms with Crippen molar-refractivity contribution < 1.29 is 20.1 Å². The first-order valence-electron chi connectivity index (χ1n) is 5.87. The van der Waals surface area contributed by atoms with E-state index in [1.807, 2.05) is 0 Å². The minimum atomic E-state index is -1.24. The third-order valence-electron chi connectivity index (χ3n) is 3.31. The van der Waals surface area contributed by atoms with E-state index in [2.05, 4.69) is 15.0 Å². The number of imidazole rings is 1. The largest absolute Gasteiger partial charge is 0.394 e. The van der Waals surface area contributed by atoms with Gasteiger partial charge in [0.2, 0.25) is 0 Å². The van der Waals surface area contributed by atoms with Crippen LogP contribution in [0.4, 0.5) is 5.82 Å². The molecule has 3 rings (SSSR count). The summed E-state index contributed by atoms with van der Waals surface area (Å²) in [7, 11) is 0. The molecule has 2 aromatic rings. The molecule has 1 aliphatic heterocycles. The van der Waals surface area contributed by atoms with Crippen LogP contribution in [-0.2, 0) is 4.74 Å². The number of aliphatic hydroxyl groups excluding tert-OH is 3. The van der Waals surface area contributed by atoms with E-state index < -0.39 is 31.1 Å². The highest BCUT2D eigenvalue weighted by Gasteiger charge is 2.44. The summed E-state index contributed by atoms with van der Waals surface area (Å²) in [6.07, 6.45) is -3.04. The van der Waals surface area contributed by atoms with E-state index in [1.54, 1.807) is 0 Å². The number of aliphatic hydroxyl groups is 3. The van der Waals surface area contributed by atoms with Crippen molar-refractivity contribution in [1.29, 1.82) is 0 Å². The fourth-order valence-corrected chi connectivity index (χ4v) is 2.58. The quantitative estimate of drug-likeness (QED) is 0.430. The molecule has 0 aromatic carbocycles. The van der Waals surface area contributed by atoms with Gasteiger partial charge in [-0.1, -0.05) is 0 Å². The van der Waals surface area contributed by atoms with Crippen molar-refractivity contribution in [3.63, 3.8) is 0 Å². The summed E-state index contributed by atoms with van der Waals surface area (Å²) in [4.78, 5) is 10.7. The first-order valence-corrected chi connectivity index (χ1v) is 6.28. The molecule has 0 aliphatic carbocycles. The molecule has 0 unspecified atom stereocenters. The Bertz CT molecular complexity index is 701. The van der Waals surface area contributed by atoms with Crippen LogP contribution in [0.2, 0.25) is 0 Å². The molecule has 9 nitrogen and oxygen atoms in total. The molecule has 20 heavy (non-hydrogen) atoms. The highest BCUT2D eigenvalue weighted by atomic mass is 32.1. The van der Waals surface area contributed by atoms with Crippen molar-refractivity contribution in [2.45, 2.75) is 24.5 Å². The number of rotatable bonds is 2. The lowest BCUT2D eigenvalue weighted by molar-refractivity contribution is -0.0517. The number of hydrogen-bond donors (Lipinski definition) is 5. The molecule has 0 spiro atoms. The number of anilines is 1. The Morgan fingerprint density at radius 2 is 2.15 bits per heavy atom. The number of nitrogens with zero attached hydrogens (tertiary/aromatic N) is 3. The molecule has 1 saturated heterocycles. The zero-order valence-electron chi connectivity index (χ0n) is 10.2. The molecule has 1 fully saturated rings. The lowest BCUT2D eigenvalue weighted by Gasteiger charge is -2.16. The number of H-pyrrole nitrogens is 1. The van der Waals surface area contributed by atoms with Crippen LogP contribution >= 0.6 is 12.2 Å². The number of nitrogens with two attached hydrogens (primary N) is 1. The van der Waals surface area contributed by atoms with Gasteiger partial charge in [0, 0.05) is 0 Å². The molecule has 3 heterocycles. The van der Waals surface area contributed by atoms with E-state index in [0.717, 1.165) is 0 Å². The lowest BCUT2D eigenvalue weighted by atomic mass is 10.1. The molecule has 6 N–H and O–H groups in total. The molecule has 0 saturated carbocycles. The van der Waals surface area contributed by atoms with Gasteiger partial charge in [0.05, 0.1) is 6.61 Å². The van der Waals surface area contributed by atoms with Crippen LogP contribution in [0.1, 0.15) is 6.23 Å². The molecular weight excluding hydrogens is 286 g/mol. The van der Waals surface area contributed by atoms with Crippen LogP contribution in [-0.4, -0.2) is 59.8 Å². The first-order chi connectivity index (χ1) is 9.54. The molecule has 0 radical (unpaired) electrons. The second-order valence-electron chi connectivity index (χ2n) is 4.49.